The van der Waals surface area contributed by atoms with E-state index in [2.05, 4.69) is 15.3 Å². The number of hydrogen-bond acceptors (Lipinski definition) is 3. The second-order valence-corrected chi connectivity index (χ2v) is 5.58. The molecule has 3 rings (SSSR count). The minimum Gasteiger partial charge on any atom is -0.369 e. The van der Waals surface area contributed by atoms with Gasteiger partial charge in [-0.3, -0.25) is 0 Å². The molecule has 0 bridgehead atoms. The van der Waals surface area contributed by atoms with Crippen molar-refractivity contribution in [3.8, 4) is 0 Å². The van der Waals surface area contributed by atoms with Gasteiger partial charge in [-0.1, -0.05) is 31.4 Å². The van der Waals surface area contributed by atoms with Gasteiger partial charge < -0.3 is 5.32 Å². The number of nitrogens with one attached hydrogen (secondary N) is 1. The van der Waals surface area contributed by atoms with Crippen molar-refractivity contribution in [1.82, 2.24) is 9.97 Å². The summed E-state index contributed by atoms with van der Waals surface area (Å²) in [6.45, 7) is 0.983. The van der Waals surface area contributed by atoms with Crippen LogP contribution in [0.4, 0.5) is 5.82 Å². The first-order valence-electron chi connectivity index (χ1n) is 6.99. The normalized spacial score (nSPS) is 16.7. The van der Waals surface area contributed by atoms with Crippen LogP contribution in [-0.4, -0.2) is 16.5 Å². The first kappa shape index (κ1) is 12.7. The van der Waals surface area contributed by atoms with E-state index < -0.39 is 0 Å². The molecule has 0 atom stereocenters. The Hall–Kier alpha value is -1.35. The molecule has 1 N–H and O–H groups in total. The van der Waals surface area contributed by atoms with E-state index >= 15 is 0 Å². The van der Waals surface area contributed by atoms with Crippen molar-refractivity contribution >= 4 is 28.3 Å². The number of rotatable bonds is 3. The molecular weight excluding hydrogens is 258 g/mol. The third-order valence-electron chi connectivity index (χ3n) is 3.86. The average molecular weight is 276 g/mol. The number of nitrogens with zero attached hydrogens (tertiary/aromatic N) is 2. The van der Waals surface area contributed by atoms with Gasteiger partial charge in [0.25, 0.3) is 0 Å². The SMILES string of the molecule is Clc1nc(NCC2CCCCC2)c2ccccc2n1. The second-order valence-electron chi connectivity index (χ2n) is 5.24. The van der Waals surface area contributed by atoms with Crippen molar-refractivity contribution < 1.29 is 0 Å². The van der Waals surface area contributed by atoms with Crippen molar-refractivity contribution in [1.29, 1.82) is 0 Å². The van der Waals surface area contributed by atoms with Crippen molar-refractivity contribution in [2.24, 2.45) is 5.92 Å². The number of benzene rings is 1. The van der Waals surface area contributed by atoms with Gasteiger partial charge in [0.1, 0.15) is 5.82 Å². The van der Waals surface area contributed by atoms with Gasteiger partial charge in [0, 0.05) is 11.9 Å². The van der Waals surface area contributed by atoms with Crippen LogP contribution in [0.15, 0.2) is 24.3 Å². The molecule has 0 saturated heterocycles. The molecule has 0 radical (unpaired) electrons. The number of anilines is 1. The lowest BCUT2D eigenvalue weighted by Crippen LogP contribution is -2.17. The van der Waals surface area contributed by atoms with Gasteiger partial charge in [0.05, 0.1) is 5.52 Å². The van der Waals surface area contributed by atoms with Gasteiger partial charge in [0.2, 0.25) is 5.28 Å². The fourth-order valence-corrected chi connectivity index (χ4v) is 2.99. The molecule has 1 heterocycles. The summed E-state index contributed by atoms with van der Waals surface area (Å²) >= 11 is 5.98. The minimum absolute atomic E-state index is 0.310. The Kier molecular flexibility index (Phi) is 3.83. The molecule has 4 heteroatoms. The maximum Gasteiger partial charge on any atom is 0.224 e. The summed E-state index contributed by atoms with van der Waals surface area (Å²) in [5.41, 5.74) is 0.897. The van der Waals surface area contributed by atoms with Crippen molar-refractivity contribution in [3.63, 3.8) is 0 Å². The van der Waals surface area contributed by atoms with Gasteiger partial charge in [-0.2, -0.15) is 0 Å². The van der Waals surface area contributed by atoms with Crippen LogP contribution in [0, 0.1) is 5.92 Å². The maximum absolute atomic E-state index is 5.98. The van der Waals surface area contributed by atoms with Gasteiger partial charge in [-0.15, -0.1) is 0 Å². The van der Waals surface area contributed by atoms with Crippen LogP contribution in [0.3, 0.4) is 0 Å². The lowest BCUT2D eigenvalue weighted by Gasteiger charge is -2.22. The molecule has 1 aromatic heterocycles. The number of para-hydroxylation sites is 1. The summed E-state index contributed by atoms with van der Waals surface area (Å²) in [4.78, 5) is 8.57. The van der Waals surface area contributed by atoms with Crippen LogP contribution < -0.4 is 5.32 Å². The highest BCUT2D eigenvalue weighted by Gasteiger charge is 2.14. The quantitative estimate of drug-likeness (QED) is 0.850. The van der Waals surface area contributed by atoms with Crippen molar-refractivity contribution in [2.45, 2.75) is 32.1 Å². The molecule has 0 amide bonds. The highest BCUT2D eigenvalue weighted by atomic mass is 35.5. The zero-order chi connectivity index (χ0) is 13.1. The van der Waals surface area contributed by atoms with Gasteiger partial charge >= 0.3 is 0 Å². The molecule has 19 heavy (non-hydrogen) atoms. The first-order valence-corrected chi connectivity index (χ1v) is 7.37. The van der Waals surface area contributed by atoms with E-state index in [-0.39, 0.29) is 0 Å². The van der Waals surface area contributed by atoms with Crippen LogP contribution in [0.1, 0.15) is 32.1 Å². The smallest absolute Gasteiger partial charge is 0.224 e. The number of halogens is 1. The van der Waals surface area contributed by atoms with E-state index in [1.165, 1.54) is 32.1 Å². The van der Waals surface area contributed by atoms with Gasteiger partial charge in [0.15, 0.2) is 0 Å². The molecule has 2 aromatic rings. The van der Waals surface area contributed by atoms with Crippen LogP contribution >= 0.6 is 11.6 Å². The summed E-state index contributed by atoms with van der Waals surface area (Å²) in [6, 6.07) is 7.98. The summed E-state index contributed by atoms with van der Waals surface area (Å²) in [7, 11) is 0. The minimum atomic E-state index is 0.310. The van der Waals surface area contributed by atoms with Crippen LogP contribution in [-0.2, 0) is 0 Å². The standard InChI is InChI=1S/C15H18ClN3/c16-15-18-13-9-5-4-8-12(13)14(19-15)17-10-11-6-2-1-3-7-11/h4-5,8-9,11H,1-3,6-7,10H2,(H,17,18,19). The summed E-state index contributed by atoms with van der Waals surface area (Å²) in [6.07, 6.45) is 6.75. The van der Waals surface area contributed by atoms with Crippen LogP contribution in [0.2, 0.25) is 5.28 Å². The molecule has 3 nitrogen and oxygen atoms in total. The Morgan fingerprint density at radius 3 is 2.74 bits per heavy atom. The number of hydrogen-bond donors (Lipinski definition) is 1. The highest BCUT2D eigenvalue weighted by Crippen LogP contribution is 2.26. The summed E-state index contributed by atoms with van der Waals surface area (Å²) in [5.74, 6) is 1.63. The Morgan fingerprint density at radius 1 is 1.11 bits per heavy atom. The third-order valence-corrected chi connectivity index (χ3v) is 4.03. The number of fused-ring (bicyclic) bond motifs is 1. The monoisotopic (exact) mass is 275 g/mol. The van der Waals surface area contributed by atoms with E-state index in [1.54, 1.807) is 0 Å². The van der Waals surface area contributed by atoms with E-state index in [4.69, 9.17) is 11.6 Å². The lowest BCUT2D eigenvalue weighted by molar-refractivity contribution is 0.373. The second kappa shape index (κ2) is 5.74. The van der Waals surface area contributed by atoms with Gasteiger partial charge in [-0.25, -0.2) is 9.97 Å². The van der Waals surface area contributed by atoms with Gasteiger partial charge in [-0.05, 0) is 42.5 Å². The van der Waals surface area contributed by atoms with Crippen LogP contribution in [0.5, 0.6) is 0 Å². The first-order chi connectivity index (χ1) is 9.33. The number of aromatic nitrogens is 2. The molecule has 1 aliphatic carbocycles. The fraction of sp³-hybridized carbons (Fsp3) is 0.467. The predicted molar refractivity (Wildman–Crippen MR) is 79.6 cm³/mol. The zero-order valence-electron chi connectivity index (χ0n) is 10.9. The molecule has 1 saturated carbocycles. The molecule has 100 valence electrons. The average Bonchev–Trinajstić information content (AvgIpc) is 2.45. The Balaban J connectivity index is 1.79. The van der Waals surface area contributed by atoms with E-state index in [9.17, 15) is 0 Å². The largest absolute Gasteiger partial charge is 0.369 e. The molecule has 0 spiro atoms. The van der Waals surface area contributed by atoms with E-state index in [0.29, 0.717) is 5.28 Å². The lowest BCUT2D eigenvalue weighted by atomic mass is 9.89. The molecule has 1 aromatic carbocycles. The van der Waals surface area contributed by atoms with E-state index in [0.717, 1.165) is 29.2 Å². The highest BCUT2D eigenvalue weighted by molar-refractivity contribution is 6.28. The topological polar surface area (TPSA) is 37.8 Å². The fourth-order valence-electron chi connectivity index (χ4n) is 2.82. The van der Waals surface area contributed by atoms with E-state index in [1.807, 2.05) is 24.3 Å². The Morgan fingerprint density at radius 2 is 1.89 bits per heavy atom. The summed E-state index contributed by atoms with van der Waals surface area (Å²) < 4.78 is 0. The molecule has 0 unspecified atom stereocenters. The summed E-state index contributed by atoms with van der Waals surface area (Å²) in [5, 5.41) is 4.82. The molecule has 1 fully saturated rings. The molecule has 0 aliphatic heterocycles. The predicted octanol–water partition coefficient (Wildman–Crippen LogP) is 4.28. The Labute approximate surface area is 118 Å². The van der Waals surface area contributed by atoms with Crippen LogP contribution in [0.25, 0.3) is 10.9 Å². The Bertz CT molecular complexity index is 564. The van der Waals surface area contributed by atoms with Crippen molar-refractivity contribution in [2.75, 3.05) is 11.9 Å². The molecule has 1 aliphatic rings. The van der Waals surface area contributed by atoms with Crippen molar-refractivity contribution in [3.05, 3.63) is 29.5 Å². The maximum atomic E-state index is 5.98. The third kappa shape index (κ3) is 2.98. The molecular formula is C15H18ClN3. The zero-order valence-corrected chi connectivity index (χ0v) is 11.7.